The van der Waals surface area contributed by atoms with Gasteiger partial charge in [0.2, 0.25) is 0 Å². The highest BCUT2D eigenvalue weighted by molar-refractivity contribution is 7.91. The van der Waals surface area contributed by atoms with Crippen molar-refractivity contribution in [1.82, 2.24) is 5.32 Å². The molecule has 0 fully saturated rings. The van der Waals surface area contributed by atoms with Crippen molar-refractivity contribution < 1.29 is 17.9 Å². The quantitative estimate of drug-likeness (QED) is 0.528. The summed E-state index contributed by atoms with van der Waals surface area (Å²) < 4.78 is 32.7. The summed E-state index contributed by atoms with van der Waals surface area (Å²) in [6.45, 7) is 4.96. The predicted octanol–water partition coefficient (Wildman–Crippen LogP) is 0.0638. The molecule has 0 aliphatic carbocycles. The molecular formula is C10H23NO4S. The lowest BCUT2D eigenvalue weighted by Gasteiger charge is -2.06. The summed E-state index contributed by atoms with van der Waals surface area (Å²) >= 11 is 0. The SMILES string of the molecule is CCOCCCNCCS(=O)(=O)CCOC. The number of hydrogen-bond donors (Lipinski definition) is 1. The van der Waals surface area contributed by atoms with Gasteiger partial charge in [-0.1, -0.05) is 0 Å². The Morgan fingerprint density at radius 2 is 1.88 bits per heavy atom. The normalized spacial score (nSPS) is 11.9. The first-order chi connectivity index (χ1) is 7.62. The molecule has 0 aliphatic heterocycles. The highest BCUT2D eigenvalue weighted by Gasteiger charge is 2.09. The van der Waals surface area contributed by atoms with Crippen LogP contribution in [0.5, 0.6) is 0 Å². The Hall–Kier alpha value is -0.170. The average molecular weight is 253 g/mol. The van der Waals surface area contributed by atoms with Gasteiger partial charge in [0, 0.05) is 26.9 Å². The first-order valence-electron chi connectivity index (χ1n) is 5.60. The summed E-state index contributed by atoms with van der Waals surface area (Å²) in [5.41, 5.74) is 0. The standard InChI is InChI=1S/C10H23NO4S/c1-3-15-7-4-5-11-6-9-16(12,13)10-8-14-2/h11H,3-10H2,1-2H3. The van der Waals surface area contributed by atoms with Crippen molar-refractivity contribution in [2.24, 2.45) is 0 Å². The van der Waals surface area contributed by atoms with Gasteiger partial charge in [0.05, 0.1) is 18.1 Å². The second-order valence-corrected chi connectivity index (χ2v) is 5.75. The van der Waals surface area contributed by atoms with Gasteiger partial charge in [-0.25, -0.2) is 8.42 Å². The zero-order valence-corrected chi connectivity index (χ0v) is 11.0. The van der Waals surface area contributed by atoms with E-state index in [1.807, 2.05) is 6.92 Å². The van der Waals surface area contributed by atoms with E-state index in [1.165, 1.54) is 7.11 Å². The van der Waals surface area contributed by atoms with Gasteiger partial charge >= 0.3 is 0 Å². The smallest absolute Gasteiger partial charge is 0.153 e. The van der Waals surface area contributed by atoms with Crippen LogP contribution in [0, 0.1) is 0 Å². The molecule has 0 bridgehead atoms. The zero-order chi connectivity index (χ0) is 12.3. The molecule has 0 heterocycles. The number of ether oxygens (including phenoxy) is 2. The molecule has 0 rings (SSSR count). The van der Waals surface area contributed by atoms with Gasteiger partial charge in [-0.15, -0.1) is 0 Å². The molecule has 0 aromatic carbocycles. The van der Waals surface area contributed by atoms with Crippen molar-refractivity contribution in [1.29, 1.82) is 0 Å². The molecule has 98 valence electrons. The molecule has 16 heavy (non-hydrogen) atoms. The van der Waals surface area contributed by atoms with Crippen LogP contribution in [0.25, 0.3) is 0 Å². The molecule has 0 spiro atoms. The first-order valence-corrected chi connectivity index (χ1v) is 7.42. The second-order valence-electron chi connectivity index (χ2n) is 3.45. The molecule has 6 heteroatoms. The maximum atomic E-state index is 11.4. The topological polar surface area (TPSA) is 64.6 Å². The summed E-state index contributed by atoms with van der Waals surface area (Å²) in [6.07, 6.45) is 0.909. The zero-order valence-electron chi connectivity index (χ0n) is 10.2. The molecule has 0 aliphatic rings. The van der Waals surface area contributed by atoms with Gasteiger partial charge in [0.15, 0.2) is 9.84 Å². The Labute approximate surface area is 98.4 Å². The van der Waals surface area contributed by atoms with Gasteiger partial charge in [0.1, 0.15) is 0 Å². The molecule has 1 N–H and O–H groups in total. The van der Waals surface area contributed by atoms with Crippen molar-refractivity contribution in [3.05, 3.63) is 0 Å². The van der Waals surface area contributed by atoms with Gasteiger partial charge in [0.25, 0.3) is 0 Å². The van der Waals surface area contributed by atoms with E-state index >= 15 is 0 Å². The van der Waals surface area contributed by atoms with E-state index in [1.54, 1.807) is 0 Å². The van der Waals surface area contributed by atoms with E-state index in [4.69, 9.17) is 9.47 Å². The minimum Gasteiger partial charge on any atom is -0.384 e. The number of sulfone groups is 1. The third-order valence-electron chi connectivity index (χ3n) is 2.03. The largest absolute Gasteiger partial charge is 0.384 e. The van der Waals surface area contributed by atoms with E-state index in [2.05, 4.69) is 5.32 Å². The summed E-state index contributed by atoms with van der Waals surface area (Å²) in [7, 11) is -1.46. The molecule has 0 saturated carbocycles. The molecule has 0 amide bonds. The fourth-order valence-corrected chi connectivity index (χ4v) is 2.19. The van der Waals surface area contributed by atoms with Crippen LogP contribution in [0.2, 0.25) is 0 Å². The number of methoxy groups -OCH3 is 1. The molecular weight excluding hydrogens is 230 g/mol. The Kier molecular flexibility index (Phi) is 9.91. The summed E-state index contributed by atoms with van der Waals surface area (Å²) in [5, 5.41) is 3.08. The summed E-state index contributed by atoms with van der Waals surface area (Å²) in [6, 6.07) is 0. The van der Waals surface area contributed by atoms with Crippen LogP contribution < -0.4 is 5.32 Å². The van der Waals surface area contributed by atoms with Crippen LogP contribution in [-0.4, -0.2) is 59.9 Å². The molecule has 0 aromatic heterocycles. The van der Waals surface area contributed by atoms with Crippen LogP contribution in [0.1, 0.15) is 13.3 Å². The van der Waals surface area contributed by atoms with Crippen LogP contribution in [0.4, 0.5) is 0 Å². The van der Waals surface area contributed by atoms with E-state index in [9.17, 15) is 8.42 Å². The average Bonchev–Trinajstić information content (AvgIpc) is 2.25. The van der Waals surface area contributed by atoms with Crippen LogP contribution in [0.3, 0.4) is 0 Å². The molecule has 5 nitrogen and oxygen atoms in total. The third kappa shape index (κ3) is 10.4. The molecule has 0 atom stereocenters. The Morgan fingerprint density at radius 3 is 2.50 bits per heavy atom. The Balaban J connectivity index is 3.36. The van der Waals surface area contributed by atoms with Crippen molar-refractivity contribution >= 4 is 9.84 Å². The first kappa shape index (κ1) is 15.8. The molecule has 0 unspecified atom stereocenters. The maximum absolute atomic E-state index is 11.4. The minimum atomic E-state index is -2.96. The fraction of sp³-hybridized carbons (Fsp3) is 1.00. The number of hydrogen-bond acceptors (Lipinski definition) is 5. The van der Waals surface area contributed by atoms with E-state index in [0.717, 1.165) is 26.2 Å². The van der Waals surface area contributed by atoms with E-state index in [-0.39, 0.29) is 18.1 Å². The Bertz CT molecular complexity index is 241. The van der Waals surface area contributed by atoms with Crippen LogP contribution in [0.15, 0.2) is 0 Å². The maximum Gasteiger partial charge on any atom is 0.153 e. The molecule has 0 saturated heterocycles. The highest BCUT2D eigenvalue weighted by Crippen LogP contribution is 1.89. The summed E-state index contributed by atoms with van der Waals surface area (Å²) in [5.74, 6) is 0.273. The lowest BCUT2D eigenvalue weighted by atomic mass is 10.4. The van der Waals surface area contributed by atoms with Gasteiger partial charge in [-0.3, -0.25) is 0 Å². The highest BCUT2D eigenvalue weighted by atomic mass is 32.2. The van der Waals surface area contributed by atoms with E-state index < -0.39 is 9.84 Å². The fourth-order valence-electron chi connectivity index (χ4n) is 1.11. The molecule has 0 radical (unpaired) electrons. The lowest BCUT2D eigenvalue weighted by Crippen LogP contribution is -2.26. The van der Waals surface area contributed by atoms with Crippen molar-refractivity contribution in [2.75, 3.05) is 51.5 Å². The van der Waals surface area contributed by atoms with Crippen LogP contribution >= 0.6 is 0 Å². The summed E-state index contributed by atoms with van der Waals surface area (Å²) in [4.78, 5) is 0. The minimum absolute atomic E-state index is 0.101. The number of nitrogens with one attached hydrogen (secondary N) is 1. The second kappa shape index (κ2) is 10.0. The van der Waals surface area contributed by atoms with Crippen molar-refractivity contribution in [3.63, 3.8) is 0 Å². The monoisotopic (exact) mass is 253 g/mol. The van der Waals surface area contributed by atoms with E-state index in [0.29, 0.717) is 6.54 Å². The Morgan fingerprint density at radius 1 is 1.12 bits per heavy atom. The van der Waals surface area contributed by atoms with Gasteiger partial charge in [-0.2, -0.15) is 0 Å². The number of rotatable bonds is 11. The predicted molar refractivity (Wildman–Crippen MR) is 64.5 cm³/mol. The third-order valence-corrected chi connectivity index (χ3v) is 3.65. The molecule has 0 aromatic rings. The van der Waals surface area contributed by atoms with Gasteiger partial charge in [-0.05, 0) is 19.9 Å². The van der Waals surface area contributed by atoms with Crippen LogP contribution in [-0.2, 0) is 19.3 Å². The lowest BCUT2D eigenvalue weighted by molar-refractivity contribution is 0.145. The van der Waals surface area contributed by atoms with Gasteiger partial charge < -0.3 is 14.8 Å². The van der Waals surface area contributed by atoms with Crippen molar-refractivity contribution in [2.45, 2.75) is 13.3 Å². The van der Waals surface area contributed by atoms with Crippen molar-refractivity contribution in [3.8, 4) is 0 Å².